The van der Waals surface area contributed by atoms with Crippen LogP contribution in [0.15, 0.2) is 12.1 Å². The van der Waals surface area contributed by atoms with E-state index in [1.54, 1.807) is 7.05 Å². The molecular formula is C15H21Cl2F2NO. The van der Waals surface area contributed by atoms with Crippen molar-refractivity contribution in [2.24, 2.45) is 11.8 Å². The second kappa shape index (κ2) is 7.73. The van der Waals surface area contributed by atoms with E-state index in [-0.39, 0.29) is 35.0 Å². The third-order valence-corrected chi connectivity index (χ3v) is 4.39. The minimum atomic E-state index is -1.22. The molecule has 0 heterocycles. The topological polar surface area (TPSA) is 32.3 Å². The number of likely N-dealkylation sites (N-methyl/N-ethyl adjacent to an activating group) is 1. The third kappa shape index (κ3) is 4.07. The Morgan fingerprint density at radius 1 is 1.33 bits per heavy atom. The van der Waals surface area contributed by atoms with Gasteiger partial charge in [-0.15, -0.1) is 12.4 Å². The van der Waals surface area contributed by atoms with Crippen molar-refractivity contribution in [1.82, 2.24) is 5.32 Å². The molecule has 2 rings (SSSR count). The monoisotopic (exact) mass is 339 g/mol. The van der Waals surface area contributed by atoms with Gasteiger partial charge in [0.1, 0.15) is 17.7 Å². The second-order valence-electron chi connectivity index (χ2n) is 5.45. The molecule has 0 radical (unpaired) electrons. The van der Waals surface area contributed by atoms with Crippen molar-refractivity contribution < 1.29 is 13.9 Å². The number of rotatable bonds is 6. The lowest BCUT2D eigenvalue weighted by Gasteiger charge is -2.31. The lowest BCUT2D eigenvalue weighted by molar-refractivity contribution is 0.0858. The highest BCUT2D eigenvalue weighted by molar-refractivity contribution is 6.30. The molecule has 21 heavy (non-hydrogen) atoms. The Hall–Kier alpha value is -0.420. The van der Waals surface area contributed by atoms with Crippen LogP contribution in [-0.2, 0) is 0 Å². The maximum Gasteiger partial charge on any atom is 0.133 e. The van der Waals surface area contributed by atoms with Gasteiger partial charge in [0, 0.05) is 11.1 Å². The van der Waals surface area contributed by atoms with Crippen molar-refractivity contribution in [3.63, 3.8) is 0 Å². The fraction of sp³-hybridized carbons (Fsp3) is 0.600. The van der Waals surface area contributed by atoms with Crippen LogP contribution in [0.1, 0.15) is 37.9 Å². The highest BCUT2D eigenvalue weighted by atomic mass is 35.5. The molecule has 2 nitrogen and oxygen atoms in total. The molecule has 6 heteroatoms. The molecule has 1 saturated carbocycles. The maximum atomic E-state index is 13.9. The first-order valence-corrected chi connectivity index (χ1v) is 7.37. The van der Waals surface area contributed by atoms with E-state index in [9.17, 15) is 13.9 Å². The molecule has 1 aliphatic rings. The zero-order valence-corrected chi connectivity index (χ0v) is 13.6. The molecule has 0 spiro atoms. The quantitative estimate of drug-likeness (QED) is 0.817. The number of hydrogen-bond acceptors (Lipinski definition) is 2. The van der Waals surface area contributed by atoms with Crippen LogP contribution in [0, 0.1) is 23.5 Å². The lowest BCUT2D eigenvalue weighted by Crippen LogP contribution is -2.40. The normalized spacial score (nSPS) is 18.8. The molecule has 0 saturated heterocycles. The molecule has 3 unspecified atom stereocenters. The van der Waals surface area contributed by atoms with Crippen LogP contribution in [0.25, 0.3) is 0 Å². The predicted molar refractivity (Wildman–Crippen MR) is 82.9 cm³/mol. The van der Waals surface area contributed by atoms with Gasteiger partial charge < -0.3 is 10.4 Å². The fourth-order valence-electron chi connectivity index (χ4n) is 3.03. The summed E-state index contributed by atoms with van der Waals surface area (Å²) >= 11 is 5.61. The minimum absolute atomic E-state index is 0. The lowest BCUT2D eigenvalue weighted by atomic mass is 9.85. The Labute approximate surface area is 135 Å². The maximum absolute atomic E-state index is 13.9. The van der Waals surface area contributed by atoms with E-state index in [0.29, 0.717) is 5.92 Å². The van der Waals surface area contributed by atoms with Crippen LogP contribution in [-0.4, -0.2) is 18.2 Å². The first-order valence-electron chi connectivity index (χ1n) is 6.99. The van der Waals surface area contributed by atoms with Crippen LogP contribution < -0.4 is 5.32 Å². The zero-order chi connectivity index (χ0) is 14.9. The summed E-state index contributed by atoms with van der Waals surface area (Å²) in [5.41, 5.74) is -0.298. The second-order valence-corrected chi connectivity index (χ2v) is 5.89. The molecule has 3 atom stereocenters. The largest absolute Gasteiger partial charge is 0.387 e. The molecular weight excluding hydrogens is 319 g/mol. The summed E-state index contributed by atoms with van der Waals surface area (Å²) in [7, 11) is 1.71. The summed E-state index contributed by atoms with van der Waals surface area (Å²) in [5, 5.41) is 13.4. The average molecular weight is 340 g/mol. The summed E-state index contributed by atoms with van der Waals surface area (Å²) < 4.78 is 27.9. The Morgan fingerprint density at radius 3 is 2.24 bits per heavy atom. The summed E-state index contributed by atoms with van der Waals surface area (Å²) in [6, 6.07) is 1.71. The van der Waals surface area contributed by atoms with Crippen molar-refractivity contribution in [3.8, 4) is 0 Å². The van der Waals surface area contributed by atoms with E-state index in [0.717, 1.165) is 31.4 Å². The number of nitrogens with one attached hydrogen (secondary N) is 1. The summed E-state index contributed by atoms with van der Waals surface area (Å²) in [4.78, 5) is 0. The molecule has 0 aromatic heterocycles. The molecule has 2 N–H and O–H groups in total. The SMILES string of the molecule is CCC(C1CC1)C(NC)C(O)c1c(F)cc(Cl)cc1F.Cl. The van der Waals surface area contributed by atoms with Gasteiger partial charge in [-0.05, 0) is 43.9 Å². The van der Waals surface area contributed by atoms with Crippen molar-refractivity contribution >= 4 is 24.0 Å². The summed E-state index contributed by atoms with van der Waals surface area (Å²) in [5.74, 6) is -0.850. The van der Waals surface area contributed by atoms with Crippen LogP contribution >= 0.6 is 24.0 Å². The highest BCUT2D eigenvalue weighted by Crippen LogP contribution is 2.43. The van der Waals surface area contributed by atoms with Crippen molar-refractivity contribution in [2.75, 3.05) is 7.05 Å². The van der Waals surface area contributed by atoms with Gasteiger partial charge in [-0.1, -0.05) is 24.9 Å². The Balaban J connectivity index is 0.00000220. The smallest absolute Gasteiger partial charge is 0.133 e. The van der Waals surface area contributed by atoms with Crippen molar-refractivity contribution in [3.05, 3.63) is 34.4 Å². The average Bonchev–Trinajstić information content (AvgIpc) is 3.18. The Morgan fingerprint density at radius 2 is 1.86 bits per heavy atom. The third-order valence-electron chi connectivity index (χ3n) is 4.17. The number of aliphatic hydroxyl groups excluding tert-OH is 1. The summed E-state index contributed by atoms with van der Waals surface area (Å²) in [6.45, 7) is 2.04. The summed E-state index contributed by atoms with van der Waals surface area (Å²) in [6.07, 6.45) is 1.89. The first-order chi connectivity index (χ1) is 9.49. The van der Waals surface area contributed by atoms with Crippen molar-refractivity contribution in [2.45, 2.75) is 38.3 Å². The minimum Gasteiger partial charge on any atom is -0.387 e. The van der Waals surface area contributed by atoms with Crippen molar-refractivity contribution in [1.29, 1.82) is 0 Å². The van der Waals surface area contributed by atoms with Crippen LogP contribution in [0.2, 0.25) is 5.02 Å². The van der Waals surface area contributed by atoms with E-state index >= 15 is 0 Å². The van der Waals surface area contributed by atoms with Gasteiger partial charge in [0.15, 0.2) is 0 Å². The number of halogens is 4. The van der Waals surface area contributed by atoms with Gasteiger partial charge in [-0.3, -0.25) is 0 Å². The Bertz CT molecular complexity index is 460. The molecule has 0 aliphatic heterocycles. The highest BCUT2D eigenvalue weighted by Gasteiger charge is 2.39. The standard InChI is InChI=1S/C15H20ClF2NO.ClH/c1-3-10(8-4-5-8)14(19-2)15(20)13-11(17)6-9(16)7-12(13)18;/h6-8,10,14-15,19-20H,3-5H2,1-2H3;1H. The van der Waals surface area contributed by atoms with E-state index in [2.05, 4.69) is 5.32 Å². The van der Waals surface area contributed by atoms with Crippen LogP contribution in [0.5, 0.6) is 0 Å². The number of hydrogen-bond donors (Lipinski definition) is 2. The molecule has 1 aromatic carbocycles. The molecule has 1 fully saturated rings. The van der Waals surface area contributed by atoms with Gasteiger partial charge in [-0.25, -0.2) is 8.78 Å². The Kier molecular flexibility index (Phi) is 6.85. The molecule has 0 bridgehead atoms. The van der Waals surface area contributed by atoms with Gasteiger partial charge in [0.2, 0.25) is 0 Å². The van der Waals surface area contributed by atoms with E-state index in [4.69, 9.17) is 11.6 Å². The predicted octanol–water partition coefficient (Wildman–Crippen LogP) is 4.10. The molecule has 0 amide bonds. The zero-order valence-electron chi connectivity index (χ0n) is 12.1. The van der Waals surface area contributed by atoms with E-state index < -0.39 is 17.7 Å². The number of benzene rings is 1. The fourth-order valence-corrected chi connectivity index (χ4v) is 3.22. The van der Waals surface area contributed by atoms with Gasteiger partial charge >= 0.3 is 0 Å². The molecule has 1 aromatic rings. The van der Waals surface area contributed by atoms with Crippen LogP contribution in [0.4, 0.5) is 8.78 Å². The van der Waals surface area contributed by atoms with E-state index in [1.807, 2.05) is 6.92 Å². The van der Waals surface area contributed by atoms with Gasteiger partial charge in [-0.2, -0.15) is 0 Å². The van der Waals surface area contributed by atoms with Gasteiger partial charge in [0.25, 0.3) is 0 Å². The van der Waals surface area contributed by atoms with Crippen LogP contribution in [0.3, 0.4) is 0 Å². The number of aliphatic hydroxyl groups is 1. The molecule has 1 aliphatic carbocycles. The molecule has 120 valence electrons. The van der Waals surface area contributed by atoms with E-state index in [1.165, 1.54) is 0 Å². The first kappa shape index (κ1) is 18.6. The van der Waals surface area contributed by atoms with Gasteiger partial charge in [0.05, 0.1) is 5.56 Å².